The fraction of sp³-hybridized carbons (Fsp3) is 0.625. The van der Waals surface area contributed by atoms with Crippen molar-refractivity contribution in [2.24, 2.45) is 11.7 Å². The van der Waals surface area contributed by atoms with Gasteiger partial charge in [-0.1, -0.05) is 26.0 Å². The first kappa shape index (κ1) is 12.0. The van der Waals surface area contributed by atoms with E-state index in [1.165, 1.54) is 44.3 Å². The first-order valence-electron chi connectivity index (χ1n) is 7.33. The Kier molecular flexibility index (Phi) is 3.06. The van der Waals surface area contributed by atoms with Crippen molar-refractivity contribution >= 4 is 5.69 Å². The molecule has 1 unspecified atom stereocenters. The lowest BCUT2D eigenvalue weighted by Crippen LogP contribution is -2.34. The fourth-order valence-corrected chi connectivity index (χ4v) is 3.41. The highest BCUT2D eigenvalue weighted by molar-refractivity contribution is 5.64. The molecule has 2 heteroatoms. The first-order chi connectivity index (χ1) is 8.66. The minimum Gasteiger partial charge on any atom is -0.371 e. The molecular weight excluding hydrogens is 220 g/mol. The number of hydrogen-bond acceptors (Lipinski definition) is 2. The van der Waals surface area contributed by atoms with Crippen molar-refractivity contribution in [2.75, 3.05) is 18.0 Å². The third-order valence-corrected chi connectivity index (χ3v) is 4.46. The van der Waals surface area contributed by atoms with E-state index in [0.29, 0.717) is 5.92 Å². The summed E-state index contributed by atoms with van der Waals surface area (Å²) in [5, 5.41) is 0. The Morgan fingerprint density at radius 3 is 2.11 bits per heavy atom. The van der Waals surface area contributed by atoms with Gasteiger partial charge in [-0.05, 0) is 48.3 Å². The number of aryl methyl sites for hydroxylation is 2. The monoisotopic (exact) mass is 244 g/mol. The average molecular weight is 244 g/mol. The summed E-state index contributed by atoms with van der Waals surface area (Å²) in [5.41, 5.74) is 12.3. The molecule has 0 aliphatic carbocycles. The van der Waals surface area contributed by atoms with E-state index in [1.54, 1.807) is 16.8 Å². The molecule has 1 atom stereocenters. The second-order valence-electron chi connectivity index (χ2n) is 6.15. The zero-order valence-electron chi connectivity index (χ0n) is 11.6. The Morgan fingerprint density at radius 1 is 1.06 bits per heavy atom. The Hall–Kier alpha value is -1.02. The molecule has 98 valence electrons. The maximum atomic E-state index is 6.33. The second kappa shape index (κ2) is 4.58. The SMILES string of the molecule is CC(C)C(N)c1cc2c3c(c1)CCCN3CCC2. The van der Waals surface area contributed by atoms with Gasteiger partial charge < -0.3 is 10.6 Å². The Labute approximate surface area is 110 Å². The quantitative estimate of drug-likeness (QED) is 0.866. The maximum absolute atomic E-state index is 6.33. The van der Waals surface area contributed by atoms with E-state index in [-0.39, 0.29) is 6.04 Å². The van der Waals surface area contributed by atoms with Crippen LogP contribution in [-0.2, 0) is 12.8 Å². The normalized spacial score (nSPS) is 19.9. The van der Waals surface area contributed by atoms with Crippen LogP contribution in [0.5, 0.6) is 0 Å². The predicted octanol–water partition coefficient (Wildman–Crippen LogP) is 3.04. The van der Waals surface area contributed by atoms with Crippen LogP contribution in [0, 0.1) is 5.92 Å². The van der Waals surface area contributed by atoms with Crippen LogP contribution in [0.3, 0.4) is 0 Å². The maximum Gasteiger partial charge on any atom is 0.0431 e. The first-order valence-corrected chi connectivity index (χ1v) is 7.33. The van der Waals surface area contributed by atoms with Crippen molar-refractivity contribution in [3.05, 3.63) is 28.8 Å². The van der Waals surface area contributed by atoms with Crippen LogP contribution in [0.15, 0.2) is 12.1 Å². The van der Waals surface area contributed by atoms with Gasteiger partial charge in [0.05, 0.1) is 0 Å². The highest BCUT2D eigenvalue weighted by Crippen LogP contribution is 2.37. The van der Waals surface area contributed by atoms with Crippen molar-refractivity contribution in [1.82, 2.24) is 0 Å². The minimum atomic E-state index is 0.184. The lowest BCUT2D eigenvalue weighted by atomic mass is 9.86. The van der Waals surface area contributed by atoms with E-state index in [1.807, 2.05) is 0 Å². The number of anilines is 1. The molecular formula is C16H24N2. The standard InChI is InChI=1S/C16H24N2/c1-11(2)15(17)14-9-12-5-3-7-18-8-4-6-13(10-14)16(12)18/h9-11,15H,3-8,17H2,1-2H3. The van der Waals surface area contributed by atoms with E-state index < -0.39 is 0 Å². The summed E-state index contributed by atoms with van der Waals surface area (Å²) < 4.78 is 0. The summed E-state index contributed by atoms with van der Waals surface area (Å²) in [7, 11) is 0. The van der Waals surface area contributed by atoms with E-state index in [2.05, 4.69) is 30.9 Å². The van der Waals surface area contributed by atoms with Crippen LogP contribution in [0.1, 0.15) is 49.4 Å². The molecule has 2 aliphatic rings. The number of nitrogens with two attached hydrogens (primary N) is 1. The molecule has 2 nitrogen and oxygen atoms in total. The molecule has 0 spiro atoms. The third-order valence-electron chi connectivity index (χ3n) is 4.46. The lowest BCUT2D eigenvalue weighted by molar-refractivity contribution is 0.512. The smallest absolute Gasteiger partial charge is 0.0431 e. The highest BCUT2D eigenvalue weighted by Gasteiger charge is 2.25. The van der Waals surface area contributed by atoms with Crippen LogP contribution < -0.4 is 10.6 Å². The Bertz CT molecular complexity index is 419. The molecule has 1 aromatic rings. The molecule has 0 amide bonds. The summed E-state index contributed by atoms with van der Waals surface area (Å²) in [5.74, 6) is 0.513. The zero-order valence-corrected chi connectivity index (χ0v) is 11.6. The number of benzene rings is 1. The summed E-state index contributed by atoms with van der Waals surface area (Å²) in [6, 6.07) is 4.94. The van der Waals surface area contributed by atoms with Crippen molar-refractivity contribution in [3.63, 3.8) is 0 Å². The molecule has 3 rings (SSSR count). The van der Waals surface area contributed by atoms with Gasteiger partial charge in [-0.3, -0.25) is 0 Å². The van der Waals surface area contributed by atoms with Crippen LogP contribution in [0.25, 0.3) is 0 Å². The fourth-order valence-electron chi connectivity index (χ4n) is 3.41. The van der Waals surface area contributed by atoms with Gasteiger partial charge in [-0.15, -0.1) is 0 Å². The molecule has 0 radical (unpaired) electrons. The Morgan fingerprint density at radius 2 is 1.61 bits per heavy atom. The zero-order chi connectivity index (χ0) is 12.7. The van der Waals surface area contributed by atoms with Crippen LogP contribution in [0.4, 0.5) is 5.69 Å². The average Bonchev–Trinajstić information content (AvgIpc) is 2.38. The van der Waals surface area contributed by atoms with E-state index >= 15 is 0 Å². The third kappa shape index (κ3) is 1.93. The van der Waals surface area contributed by atoms with Gasteiger partial charge in [-0.25, -0.2) is 0 Å². The summed E-state index contributed by atoms with van der Waals surface area (Å²) in [4.78, 5) is 2.59. The molecule has 2 N–H and O–H groups in total. The molecule has 0 fully saturated rings. The molecule has 18 heavy (non-hydrogen) atoms. The molecule has 1 aromatic carbocycles. The number of nitrogens with zero attached hydrogens (tertiary/aromatic N) is 1. The van der Waals surface area contributed by atoms with E-state index in [4.69, 9.17) is 5.73 Å². The van der Waals surface area contributed by atoms with Gasteiger partial charge in [-0.2, -0.15) is 0 Å². The van der Waals surface area contributed by atoms with Gasteiger partial charge >= 0.3 is 0 Å². The topological polar surface area (TPSA) is 29.3 Å². The van der Waals surface area contributed by atoms with Crippen molar-refractivity contribution in [2.45, 2.75) is 45.6 Å². The van der Waals surface area contributed by atoms with Crippen molar-refractivity contribution in [3.8, 4) is 0 Å². The largest absolute Gasteiger partial charge is 0.371 e. The Balaban J connectivity index is 2.06. The number of hydrogen-bond donors (Lipinski definition) is 1. The lowest BCUT2D eigenvalue weighted by Gasteiger charge is -2.37. The predicted molar refractivity (Wildman–Crippen MR) is 77.1 cm³/mol. The molecule has 2 heterocycles. The van der Waals surface area contributed by atoms with Gasteiger partial charge in [0.25, 0.3) is 0 Å². The highest BCUT2D eigenvalue weighted by atomic mass is 15.1. The molecule has 0 saturated carbocycles. The van der Waals surface area contributed by atoms with E-state index in [9.17, 15) is 0 Å². The minimum absolute atomic E-state index is 0.184. The second-order valence-corrected chi connectivity index (χ2v) is 6.15. The summed E-state index contributed by atoms with van der Waals surface area (Å²) >= 11 is 0. The molecule has 0 bridgehead atoms. The van der Waals surface area contributed by atoms with Crippen molar-refractivity contribution in [1.29, 1.82) is 0 Å². The van der Waals surface area contributed by atoms with Crippen LogP contribution in [0.2, 0.25) is 0 Å². The van der Waals surface area contributed by atoms with Gasteiger partial charge in [0, 0.05) is 24.8 Å². The molecule has 2 aliphatic heterocycles. The van der Waals surface area contributed by atoms with Gasteiger partial charge in [0.2, 0.25) is 0 Å². The summed E-state index contributed by atoms with van der Waals surface area (Å²) in [6.45, 7) is 6.91. The van der Waals surface area contributed by atoms with Gasteiger partial charge in [0.15, 0.2) is 0 Å². The van der Waals surface area contributed by atoms with Crippen molar-refractivity contribution < 1.29 is 0 Å². The van der Waals surface area contributed by atoms with Crippen LogP contribution in [-0.4, -0.2) is 13.1 Å². The van der Waals surface area contributed by atoms with Crippen LogP contribution >= 0.6 is 0 Å². The van der Waals surface area contributed by atoms with Gasteiger partial charge in [0.1, 0.15) is 0 Å². The summed E-state index contributed by atoms with van der Waals surface area (Å²) in [6.07, 6.45) is 5.06. The van der Waals surface area contributed by atoms with E-state index in [0.717, 1.165) is 0 Å². The molecule has 0 aromatic heterocycles. The molecule has 0 saturated heterocycles. The number of rotatable bonds is 2.